The highest BCUT2D eigenvalue weighted by molar-refractivity contribution is 5.60. The van der Waals surface area contributed by atoms with E-state index in [1.165, 1.54) is 5.69 Å². The Hall–Kier alpha value is -1.88. The van der Waals surface area contributed by atoms with Crippen molar-refractivity contribution in [3.05, 3.63) is 30.1 Å². The van der Waals surface area contributed by atoms with Gasteiger partial charge < -0.3 is 10.2 Å². The van der Waals surface area contributed by atoms with Crippen molar-refractivity contribution in [3.8, 4) is 11.4 Å². The number of aryl methyl sites for hydroxylation is 2. The summed E-state index contributed by atoms with van der Waals surface area (Å²) >= 11 is 0. The largest absolute Gasteiger partial charge is 0.369 e. The summed E-state index contributed by atoms with van der Waals surface area (Å²) in [6, 6.07) is 8.52. The van der Waals surface area contributed by atoms with E-state index < -0.39 is 0 Å². The van der Waals surface area contributed by atoms with Crippen LogP contribution in [0.15, 0.2) is 24.3 Å². The number of benzene rings is 1. The van der Waals surface area contributed by atoms with Crippen LogP contribution in [0.3, 0.4) is 0 Å². The summed E-state index contributed by atoms with van der Waals surface area (Å²) < 4.78 is 1.81. The molecule has 5 heteroatoms. The maximum absolute atomic E-state index is 4.45. The van der Waals surface area contributed by atoms with Crippen molar-refractivity contribution in [2.45, 2.75) is 6.92 Å². The second kappa shape index (κ2) is 5.01. The van der Waals surface area contributed by atoms with Crippen LogP contribution in [-0.4, -0.2) is 40.9 Å². The van der Waals surface area contributed by atoms with Crippen LogP contribution in [0.1, 0.15) is 5.82 Å². The summed E-state index contributed by atoms with van der Waals surface area (Å²) in [5.41, 5.74) is 2.35. The van der Waals surface area contributed by atoms with Crippen molar-refractivity contribution in [2.24, 2.45) is 7.05 Å². The number of rotatable bonds is 2. The molecule has 0 unspecified atom stereocenters. The van der Waals surface area contributed by atoms with E-state index in [0.29, 0.717) is 0 Å². The van der Waals surface area contributed by atoms with Gasteiger partial charge >= 0.3 is 0 Å². The van der Waals surface area contributed by atoms with Crippen molar-refractivity contribution in [3.63, 3.8) is 0 Å². The fourth-order valence-electron chi connectivity index (χ4n) is 2.33. The smallest absolute Gasteiger partial charge is 0.181 e. The zero-order valence-corrected chi connectivity index (χ0v) is 11.4. The van der Waals surface area contributed by atoms with Crippen LogP contribution in [0.25, 0.3) is 11.4 Å². The van der Waals surface area contributed by atoms with E-state index in [1.807, 2.05) is 14.0 Å². The fourth-order valence-corrected chi connectivity index (χ4v) is 2.33. The van der Waals surface area contributed by atoms with Gasteiger partial charge in [0.15, 0.2) is 5.82 Å². The lowest BCUT2D eigenvalue weighted by Gasteiger charge is -2.29. The minimum atomic E-state index is 0.798. The second-order valence-corrected chi connectivity index (χ2v) is 4.89. The molecule has 2 heterocycles. The third-order valence-corrected chi connectivity index (χ3v) is 3.59. The molecule has 3 rings (SSSR count). The number of hydrogen-bond acceptors (Lipinski definition) is 4. The molecule has 1 N–H and O–H groups in total. The Labute approximate surface area is 113 Å². The third kappa shape index (κ3) is 2.46. The maximum Gasteiger partial charge on any atom is 0.181 e. The molecule has 1 aliphatic heterocycles. The van der Waals surface area contributed by atoms with E-state index in [9.17, 15) is 0 Å². The molecule has 0 aliphatic carbocycles. The van der Waals surface area contributed by atoms with Crippen LogP contribution in [0.5, 0.6) is 0 Å². The Morgan fingerprint density at radius 3 is 2.37 bits per heavy atom. The Bertz CT molecular complexity index is 532. The Balaban J connectivity index is 1.82. The monoisotopic (exact) mass is 257 g/mol. The van der Waals surface area contributed by atoms with Gasteiger partial charge in [-0.3, -0.25) is 4.68 Å². The van der Waals surface area contributed by atoms with Gasteiger partial charge in [0.25, 0.3) is 0 Å². The van der Waals surface area contributed by atoms with Crippen molar-refractivity contribution >= 4 is 5.69 Å². The summed E-state index contributed by atoms with van der Waals surface area (Å²) in [7, 11) is 1.92. The number of piperazine rings is 1. The summed E-state index contributed by atoms with van der Waals surface area (Å²) in [4.78, 5) is 6.85. The minimum Gasteiger partial charge on any atom is -0.369 e. The van der Waals surface area contributed by atoms with Gasteiger partial charge in [0.1, 0.15) is 5.82 Å². The first-order valence-corrected chi connectivity index (χ1v) is 6.68. The van der Waals surface area contributed by atoms with Crippen LogP contribution in [0.2, 0.25) is 0 Å². The van der Waals surface area contributed by atoms with Gasteiger partial charge in [-0.05, 0) is 31.2 Å². The summed E-state index contributed by atoms with van der Waals surface area (Å²) in [6.07, 6.45) is 0. The Kier molecular flexibility index (Phi) is 3.21. The number of nitrogens with one attached hydrogen (secondary N) is 1. The van der Waals surface area contributed by atoms with E-state index in [2.05, 4.69) is 44.6 Å². The van der Waals surface area contributed by atoms with E-state index in [-0.39, 0.29) is 0 Å². The molecule has 5 nitrogen and oxygen atoms in total. The molecule has 1 aromatic carbocycles. The number of hydrogen-bond donors (Lipinski definition) is 1. The van der Waals surface area contributed by atoms with Crippen LogP contribution >= 0.6 is 0 Å². The lowest BCUT2D eigenvalue weighted by molar-refractivity contribution is 0.589. The highest BCUT2D eigenvalue weighted by Crippen LogP contribution is 2.21. The summed E-state index contributed by atoms with van der Waals surface area (Å²) in [5, 5.41) is 7.77. The topological polar surface area (TPSA) is 46.0 Å². The lowest BCUT2D eigenvalue weighted by Crippen LogP contribution is -2.43. The second-order valence-electron chi connectivity index (χ2n) is 4.89. The van der Waals surface area contributed by atoms with Gasteiger partial charge in [0.2, 0.25) is 0 Å². The van der Waals surface area contributed by atoms with Crippen LogP contribution < -0.4 is 10.2 Å². The van der Waals surface area contributed by atoms with Gasteiger partial charge in [-0.15, -0.1) is 0 Å². The highest BCUT2D eigenvalue weighted by Gasteiger charge is 2.11. The van der Waals surface area contributed by atoms with Gasteiger partial charge in [-0.2, -0.15) is 5.10 Å². The van der Waals surface area contributed by atoms with Crippen LogP contribution in [-0.2, 0) is 7.05 Å². The quantitative estimate of drug-likeness (QED) is 0.878. The van der Waals surface area contributed by atoms with E-state index in [1.54, 1.807) is 4.68 Å². The zero-order chi connectivity index (χ0) is 13.2. The lowest BCUT2D eigenvalue weighted by atomic mass is 10.1. The predicted octanol–water partition coefficient (Wildman–Crippen LogP) is 1.20. The average molecular weight is 257 g/mol. The average Bonchev–Trinajstić information content (AvgIpc) is 2.80. The van der Waals surface area contributed by atoms with Gasteiger partial charge in [-0.1, -0.05) is 0 Å². The van der Waals surface area contributed by atoms with Crippen LogP contribution in [0, 0.1) is 6.92 Å². The van der Waals surface area contributed by atoms with E-state index in [0.717, 1.165) is 43.4 Å². The van der Waals surface area contributed by atoms with Gasteiger partial charge in [0.05, 0.1) is 0 Å². The van der Waals surface area contributed by atoms with E-state index in [4.69, 9.17) is 0 Å². The molecular formula is C14H19N5. The van der Waals surface area contributed by atoms with Gasteiger partial charge in [0, 0.05) is 44.5 Å². The fraction of sp³-hybridized carbons (Fsp3) is 0.429. The number of anilines is 1. The molecule has 100 valence electrons. The molecule has 1 saturated heterocycles. The molecular weight excluding hydrogens is 238 g/mol. The summed E-state index contributed by atoms with van der Waals surface area (Å²) in [6.45, 7) is 6.22. The minimum absolute atomic E-state index is 0.798. The summed E-state index contributed by atoms with van der Waals surface area (Å²) in [5.74, 6) is 1.73. The molecule has 1 aliphatic rings. The molecule has 0 radical (unpaired) electrons. The molecule has 0 saturated carbocycles. The molecule has 0 bridgehead atoms. The van der Waals surface area contributed by atoms with Crippen molar-refractivity contribution < 1.29 is 0 Å². The molecule has 0 atom stereocenters. The Morgan fingerprint density at radius 2 is 1.79 bits per heavy atom. The first kappa shape index (κ1) is 12.2. The maximum atomic E-state index is 4.45. The predicted molar refractivity (Wildman–Crippen MR) is 76.3 cm³/mol. The van der Waals surface area contributed by atoms with Crippen molar-refractivity contribution in [2.75, 3.05) is 31.1 Å². The highest BCUT2D eigenvalue weighted by atomic mass is 15.3. The van der Waals surface area contributed by atoms with Gasteiger partial charge in [-0.25, -0.2) is 4.98 Å². The van der Waals surface area contributed by atoms with Crippen molar-refractivity contribution in [1.82, 2.24) is 20.1 Å². The number of aromatic nitrogens is 3. The van der Waals surface area contributed by atoms with Crippen molar-refractivity contribution in [1.29, 1.82) is 0 Å². The normalized spacial score (nSPS) is 15.8. The first-order valence-electron chi connectivity index (χ1n) is 6.68. The van der Waals surface area contributed by atoms with Crippen LogP contribution in [0.4, 0.5) is 5.69 Å². The molecule has 0 amide bonds. The third-order valence-electron chi connectivity index (χ3n) is 3.59. The SMILES string of the molecule is Cc1nc(-c2ccc(N3CCNCC3)cc2)nn1C. The molecule has 19 heavy (non-hydrogen) atoms. The van der Waals surface area contributed by atoms with E-state index >= 15 is 0 Å². The first-order chi connectivity index (χ1) is 9.24. The molecule has 0 spiro atoms. The number of nitrogens with zero attached hydrogens (tertiary/aromatic N) is 4. The standard InChI is InChI=1S/C14H19N5/c1-11-16-14(17-18(11)2)12-3-5-13(6-4-12)19-9-7-15-8-10-19/h3-6,15H,7-10H2,1-2H3. The molecule has 1 aromatic heterocycles. The molecule has 2 aromatic rings. The zero-order valence-electron chi connectivity index (χ0n) is 11.4. The molecule has 1 fully saturated rings. The Morgan fingerprint density at radius 1 is 1.11 bits per heavy atom.